The summed E-state index contributed by atoms with van der Waals surface area (Å²) in [7, 11) is 4.93. The van der Waals surface area contributed by atoms with E-state index in [-0.39, 0.29) is 0 Å². The summed E-state index contributed by atoms with van der Waals surface area (Å²) in [5, 5.41) is 3.45. The molecule has 1 aromatic rings. The topological polar surface area (TPSA) is 39.7 Å². The summed E-state index contributed by atoms with van der Waals surface area (Å²) in [5.41, 5.74) is 2.25. The maximum absolute atomic E-state index is 5.47. The van der Waals surface area contributed by atoms with E-state index in [9.17, 15) is 0 Å². The van der Waals surface area contributed by atoms with Gasteiger partial charge in [-0.2, -0.15) is 0 Å². The molecule has 0 aliphatic carbocycles. The first-order chi connectivity index (χ1) is 8.21. The predicted octanol–water partition coefficient (Wildman–Crippen LogP) is 2.46. The number of nitrogens with one attached hydrogen (secondary N) is 1. The third kappa shape index (κ3) is 1.99. The van der Waals surface area contributed by atoms with Gasteiger partial charge in [0.2, 0.25) is 5.75 Å². The average molecular weight is 237 g/mol. The van der Waals surface area contributed by atoms with Crippen molar-refractivity contribution in [1.82, 2.24) is 0 Å². The Morgan fingerprint density at radius 1 is 1.12 bits per heavy atom. The van der Waals surface area contributed by atoms with Gasteiger partial charge in [-0.25, -0.2) is 0 Å². The molecule has 1 unspecified atom stereocenters. The highest BCUT2D eigenvalue weighted by Gasteiger charge is 2.24. The highest BCUT2D eigenvalue weighted by Crippen LogP contribution is 2.46. The lowest BCUT2D eigenvalue weighted by atomic mass is 9.97. The monoisotopic (exact) mass is 237 g/mol. The van der Waals surface area contributed by atoms with Crippen LogP contribution in [0.25, 0.3) is 0 Å². The third-order valence-electron chi connectivity index (χ3n) is 3.16. The van der Waals surface area contributed by atoms with Crippen molar-refractivity contribution in [3.05, 3.63) is 11.6 Å². The van der Waals surface area contributed by atoms with Gasteiger partial charge in [0.25, 0.3) is 0 Å². The number of anilines is 1. The maximum Gasteiger partial charge on any atom is 0.203 e. The summed E-state index contributed by atoms with van der Waals surface area (Å²) in [6, 6.07) is 2.46. The second-order valence-corrected chi connectivity index (χ2v) is 4.26. The SMILES string of the molecule is COc1cc2c(c(OC)c1OC)CCC(C)N2. The number of fused-ring (bicyclic) bond motifs is 1. The van der Waals surface area contributed by atoms with Gasteiger partial charge in [0.15, 0.2) is 11.5 Å². The van der Waals surface area contributed by atoms with Crippen LogP contribution in [0.4, 0.5) is 5.69 Å². The average Bonchev–Trinajstić information content (AvgIpc) is 2.35. The number of hydrogen-bond donors (Lipinski definition) is 1. The molecule has 4 nitrogen and oxygen atoms in total. The van der Waals surface area contributed by atoms with Crippen LogP contribution in [-0.4, -0.2) is 27.4 Å². The van der Waals surface area contributed by atoms with E-state index in [0.717, 1.165) is 24.3 Å². The highest BCUT2D eigenvalue weighted by molar-refractivity contribution is 5.70. The van der Waals surface area contributed by atoms with E-state index in [1.54, 1.807) is 21.3 Å². The first-order valence-electron chi connectivity index (χ1n) is 5.79. The van der Waals surface area contributed by atoms with E-state index in [1.807, 2.05) is 6.07 Å². The fourth-order valence-corrected chi connectivity index (χ4v) is 2.29. The lowest BCUT2D eigenvalue weighted by Crippen LogP contribution is -2.22. The van der Waals surface area contributed by atoms with Crippen LogP contribution in [0.3, 0.4) is 0 Å². The molecule has 0 amide bonds. The van der Waals surface area contributed by atoms with Gasteiger partial charge in [0, 0.05) is 23.4 Å². The Labute approximate surface area is 102 Å². The minimum absolute atomic E-state index is 0.477. The zero-order chi connectivity index (χ0) is 12.4. The number of methoxy groups -OCH3 is 3. The molecule has 1 N–H and O–H groups in total. The normalized spacial score (nSPS) is 18.0. The molecular weight excluding hydrogens is 218 g/mol. The second-order valence-electron chi connectivity index (χ2n) is 4.26. The molecule has 1 aromatic carbocycles. The van der Waals surface area contributed by atoms with Crippen molar-refractivity contribution in [2.24, 2.45) is 0 Å². The van der Waals surface area contributed by atoms with Crippen LogP contribution >= 0.6 is 0 Å². The molecular formula is C13H19NO3. The van der Waals surface area contributed by atoms with Crippen molar-refractivity contribution in [3.63, 3.8) is 0 Å². The summed E-state index contributed by atoms with van der Waals surface area (Å²) >= 11 is 0. The predicted molar refractivity (Wildman–Crippen MR) is 67.5 cm³/mol. The summed E-state index contributed by atoms with van der Waals surface area (Å²) in [4.78, 5) is 0. The molecule has 2 rings (SSSR count). The summed E-state index contributed by atoms with van der Waals surface area (Å²) < 4.78 is 16.2. The summed E-state index contributed by atoms with van der Waals surface area (Å²) in [6.07, 6.45) is 2.09. The molecule has 0 fully saturated rings. The quantitative estimate of drug-likeness (QED) is 0.876. The molecule has 1 aliphatic rings. The Balaban J connectivity index is 2.57. The van der Waals surface area contributed by atoms with Crippen LogP contribution in [0.2, 0.25) is 0 Å². The van der Waals surface area contributed by atoms with E-state index in [0.29, 0.717) is 17.5 Å². The summed E-state index contributed by atoms with van der Waals surface area (Å²) in [6.45, 7) is 2.17. The van der Waals surface area contributed by atoms with Crippen LogP contribution in [0.1, 0.15) is 18.9 Å². The molecule has 0 saturated heterocycles. The number of hydrogen-bond acceptors (Lipinski definition) is 4. The van der Waals surface area contributed by atoms with Crippen LogP contribution in [0.5, 0.6) is 17.2 Å². The van der Waals surface area contributed by atoms with Crippen molar-refractivity contribution in [3.8, 4) is 17.2 Å². The van der Waals surface area contributed by atoms with E-state index >= 15 is 0 Å². The van der Waals surface area contributed by atoms with Gasteiger partial charge in [-0.1, -0.05) is 0 Å². The van der Waals surface area contributed by atoms with Gasteiger partial charge < -0.3 is 19.5 Å². The Morgan fingerprint density at radius 3 is 2.41 bits per heavy atom. The lowest BCUT2D eigenvalue weighted by Gasteiger charge is -2.27. The van der Waals surface area contributed by atoms with Gasteiger partial charge in [0.1, 0.15) is 0 Å². The smallest absolute Gasteiger partial charge is 0.203 e. The molecule has 0 radical (unpaired) electrons. The number of benzene rings is 1. The molecule has 1 aliphatic heterocycles. The lowest BCUT2D eigenvalue weighted by molar-refractivity contribution is 0.321. The van der Waals surface area contributed by atoms with Gasteiger partial charge >= 0.3 is 0 Å². The Hall–Kier alpha value is -1.58. The van der Waals surface area contributed by atoms with Crippen LogP contribution in [0.15, 0.2) is 6.07 Å². The molecule has 0 spiro atoms. The Bertz CT molecular complexity index is 418. The number of ether oxygens (including phenoxy) is 3. The fourth-order valence-electron chi connectivity index (χ4n) is 2.29. The molecule has 0 aromatic heterocycles. The summed E-state index contributed by atoms with van der Waals surface area (Å²) in [5.74, 6) is 2.15. The molecule has 1 atom stereocenters. The maximum atomic E-state index is 5.47. The van der Waals surface area contributed by atoms with Gasteiger partial charge in [0.05, 0.1) is 21.3 Å². The largest absolute Gasteiger partial charge is 0.493 e. The van der Waals surface area contributed by atoms with Crippen molar-refractivity contribution < 1.29 is 14.2 Å². The van der Waals surface area contributed by atoms with E-state index in [1.165, 1.54) is 5.56 Å². The molecule has 4 heteroatoms. The minimum atomic E-state index is 0.477. The third-order valence-corrected chi connectivity index (χ3v) is 3.16. The zero-order valence-electron chi connectivity index (χ0n) is 10.8. The van der Waals surface area contributed by atoms with Crippen LogP contribution in [0, 0.1) is 0 Å². The van der Waals surface area contributed by atoms with Crippen LogP contribution in [-0.2, 0) is 6.42 Å². The highest BCUT2D eigenvalue weighted by atomic mass is 16.5. The molecule has 0 bridgehead atoms. The number of rotatable bonds is 3. The molecule has 0 saturated carbocycles. The first-order valence-corrected chi connectivity index (χ1v) is 5.79. The first kappa shape index (κ1) is 11.9. The Kier molecular flexibility index (Phi) is 3.31. The van der Waals surface area contributed by atoms with Gasteiger partial charge in [-0.15, -0.1) is 0 Å². The van der Waals surface area contributed by atoms with Crippen molar-refractivity contribution >= 4 is 5.69 Å². The Morgan fingerprint density at radius 2 is 1.82 bits per heavy atom. The van der Waals surface area contributed by atoms with Gasteiger partial charge in [-0.3, -0.25) is 0 Å². The van der Waals surface area contributed by atoms with Crippen molar-refractivity contribution in [1.29, 1.82) is 0 Å². The molecule has 1 heterocycles. The van der Waals surface area contributed by atoms with E-state index < -0.39 is 0 Å². The molecule has 94 valence electrons. The van der Waals surface area contributed by atoms with Gasteiger partial charge in [-0.05, 0) is 19.8 Å². The zero-order valence-corrected chi connectivity index (χ0v) is 10.8. The van der Waals surface area contributed by atoms with Crippen molar-refractivity contribution in [2.45, 2.75) is 25.8 Å². The minimum Gasteiger partial charge on any atom is -0.493 e. The standard InChI is InChI=1S/C13H19NO3/c1-8-5-6-9-10(14-8)7-11(15-2)13(17-4)12(9)16-3/h7-8,14H,5-6H2,1-4H3. The molecule has 17 heavy (non-hydrogen) atoms. The van der Waals surface area contributed by atoms with E-state index in [4.69, 9.17) is 14.2 Å². The van der Waals surface area contributed by atoms with Crippen molar-refractivity contribution in [2.75, 3.05) is 26.6 Å². The second kappa shape index (κ2) is 4.73. The fraction of sp³-hybridized carbons (Fsp3) is 0.538. The van der Waals surface area contributed by atoms with Crippen LogP contribution < -0.4 is 19.5 Å². The van der Waals surface area contributed by atoms with E-state index in [2.05, 4.69) is 12.2 Å².